The highest BCUT2D eigenvalue weighted by Gasteiger charge is 2.30. The Labute approximate surface area is 211 Å². The number of amides is 1. The van der Waals surface area contributed by atoms with E-state index in [1.807, 2.05) is 31.2 Å². The molecular weight excluding hydrogens is 481 g/mol. The summed E-state index contributed by atoms with van der Waals surface area (Å²) in [5, 5.41) is 0. The van der Waals surface area contributed by atoms with E-state index in [4.69, 9.17) is 4.74 Å². The molecule has 0 unspecified atom stereocenters. The molecule has 0 radical (unpaired) electrons. The minimum Gasteiger partial charge on any atom is -0.497 e. The lowest BCUT2D eigenvalue weighted by atomic mass is 10.2. The van der Waals surface area contributed by atoms with Crippen molar-refractivity contribution in [2.45, 2.75) is 18.4 Å². The molecule has 4 rings (SSSR count). The Morgan fingerprint density at radius 1 is 0.944 bits per heavy atom. The molecule has 0 saturated carbocycles. The maximum Gasteiger partial charge on any atom is 0.243 e. The average molecular weight is 512 g/mol. The number of hydrogen-bond acceptors (Lipinski definition) is 5. The largest absolute Gasteiger partial charge is 0.497 e. The summed E-state index contributed by atoms with van der Waals surface area (Å²) in [5.74, 6) is -0.0455. The zero-order chi connectivity index (χ0) is 25.7. The van der Waals surface area contributed by atoms with Crippen molar-refractivity contribution in [3.63, 3.8) is 0 Å². The van der Waals surface area contributed by atoms with Crippen LogP contribution in [-0.4, -0.2) is 63.4 Å². The third-order valence-electron chi connectivity index (χ3n) is 6.34. The Hall–Kier alpha value is -3.43. The van der Waals surface area contributed by atoms with Crippen LogP contribution in [0.5, 0.6) is 5.75 Å². The third-order valence-corrected chi connectivity index (χ3v) is 8.15. The summed E-state index contributed by atoms with van der Waals surface area (Å²) in [6.07, 6.45) is 0. The van der Waals surface area contributed by atoms with Gasteiger partial charge in [0.25, 0.3) is 0 Å². The van der Waals surface area contributed by atoms with Gasteiger partial charge in [-0.05, 0) is 49.4 Å². The van der Waals surface area contributed by atoms with Crippen molar-refractivity contribution in [1.29, 1.82) is 0 Å². The average Bonchev–Trinajstić information content (AvgIpc) is 2.90. The van der Waals surface area contributed by atoms with Crippen molar-refractivity contribution >= 4 is 21.6 Å². The van der Waals surface area contributed by atoms with Crippen LogP contribution in [-0.2, 0) is 21.4 Å². The van der Waals surface area contributed by atoms with Crippen molar-refractivity contribution in [3.05, 3.63) is 89.7 Å². The lowest BCUT2D eigenvalue weighted by molar-refractivity contribution is -0.131. The van der Waals surface area contributed by atoms with Gasteiger partial charge in [0, 0.05) is 44.0 Å². The van der Waals surface area contributed by atoms with Crippen LogP contribution in [0.3, 0.4) is 0 Å². The fraction of sp³-hybridized carbons (Fsp3) is 0.296. The lowest BCUT2D eigenvalue weighted by Gasteiger charge is -2.37. The van der Waals surface area contributed by atoms with E-state index in [1.54, 1.807) is 36.3 Å². The quantitative estimate of drug-likeness (QED) is 0.462. The lowest BCUT2D eigenvalue weighted by Crippen LogP contribution is -2.51. The molecule has 9 heteroatoms. The van der Waals surface area contributed by atoms with Gasteiger partial charge in [-0.2, -0.15) is 4.31 Å². The van der Waals surface area contributed by atoms with Gasteiger partial charge in [0.1, 0.15) is 11.6 Å². The smallest absolute Gasteiger partial charge is 0.243 e. The number of anilines is 1. The van der Waals surface area contributed by atoms with E-state index in [-0.39, 0.29) is 29.5 Å². The maximum atomic E-state index is 14.4. The zero-order valence-electron chi connectivity index (χ0n) is 20.4. The summed E-state index contributed by atoms with van der Waals surface area (Å²) in [6.45, 7) is 3.42. The molecule has 0 spiro atoms. The van der Waals surface area contributed by atoms with E-state index in [0.29, 0.717) is 26.2 Å². The van der Waals surface area contributed by atoms with Gasteiger partial charge in [-0.15, -0.1) is 0 Å². The van der Waals surface area contributed by atoms with Crippen LogP contribution in [0.1, 0.15) is 11.1 Å². The van der Waals surface area contributed by atoms with Crippen LogP contribution in [0.4, 0.5) is 10.1 Å². The maximum absolute atomic E-state index is 14.4. The highest BCUT2D eigenvalue weighted by Crippen LogP contribution is 2.23. The van der Waals surface area contributed by atoms with E-state index < -0.39 is 15.8 Å². The Morgan fingerprint density at radius 3 is 2.19 bits per heavy atom. The number of rotatable bonds is 8. The molecule has 0 bridgehead atoms. The molecule has 3 aromatic rings. The van der Waals surface area contributed by atoms with Gasteiger partial charge in [0.15, 0.2) is 0 Å². The Bertz CT molecular complexity index is 1290. The number of carbonyl (C=O) groups is 1. The number of ether oxygens (including phenoxy) is 1. The number of aryl methyl sites for hydroxylation is 1. The van der Waals surface area contributed by atoms with Crippen LogP contribution in [0.15, 0.2) is 77.7 Å². The minimum atomic E-state index is -4.03. The molecule has 7 nitrogen and oxygen atoms in total. The second-order valence-electron chi connectivity index (χ2n) is 8.74. The Balaban J connectivity index is 1.49. The molecular formula is C27H30FN3O4S. The first-order chi connectivity index (χ1) is 17.3. The van der Waals surface area contributed by atoms with E-state index in [9.17, 15) is 17.6 Å². The number of piperazine rings is 1. The Morgan fingerprint density at radius 2 is 1.58 bits per heavy atom. The van der Waals surface area contributed by atoms with Gasteiger partial charge in [0.05, 0.1) is 18.6 Å². The number of methoxy groups -OCH3 is 1. The molecule has 36 heavy (non-hydrogen) atoms. The van der Waals surface area contributed by atoms with Crippen molar-refractivity contribution in [2.24, 2.45) is 0 Å². The Kier molecular flexibility index (Phi) is 7.91. The van der Waals surface area contributed by atoms with Gasteiger partial charge >= 0.3 is 0 Å². The number of sulfonamides is 1. The normalized spacial score (nSPS) is 14.2. The first kappa shape index (κ1) is 25.7. The molecule has 0 atom stereocenters. The predicted molar refractivity (Wildman–Crippen MR) is 137 cm³/mol. The number of halogens is 1. The number of hydrogen-bond donors (Lipinski definition) is 0. The van der Waals surface area contributed by atoms with Crippen molar-refractivity contribution in [2.75, 3.05) is 44.7 Å². The zero-order valence-corrected chi connectivity index (χ0v) is 21.2. The topological polar surface area (TPSA) is 70.2 Å². The summed E-state index contributed by atoms with van der Waals surface area (Å²) >= 11 is 0. The van der Waals surface area contributed by atoms with Gasteiger partial charge in [0.2, 0.25) is 15.9 Å². The summed E-state index contributed by atoms with van der Waals surface area (Å²) in [5.41, 5.74) is 2.16. The molecule has 1 fully saturated rings. The minimum absolute atomic E-state index is 0.0709. The molecule has 0 aliphatic carbocycles. The molecule has 190 valence electrons. The highest BCUT2D eigenvalue weighted by molar-refractivity contribution is 7.89. The van der Waals surface area contributed by atoms with Gasteiger partial charge in [-0.25, -0.2) is 12.8 Å². The molecule has 1 heterocycles. The molecule has 1 amide bonds. The van der Waals surface area contributed by atoms with E-state index in [1.165, 1.54) is 24.3 Å². The molecule has 0 N–H and O–H groups in total. The summed E-state index contributed by atoms with van der Waals surface area (Å²) < 4.78 is 47.6. The fourth-order valence-electron chi connectivity index (χ4n) is 4.16. The number of nitrogens with zero attached hydrogens (tertiary/aromatic N) is 3. The van der Waals surface area contributed by atoms with E-state index >= 15 is 0 Å². The molecule has 1 saturated heterocycles. The summed E-state index contributed by atoms with van der Waals surface area (Å²) in [6, 6.07) is 20.2. The van der Waals surface area contributed by atoms with Gasteiger partial charge in [-0.3, -0.25) is 4.79 Å². The van der Waals surface area contributed by atoms with Crippen molar-refractivity contribution in [3.8, 4) is 5.75 Å². The van der Waals surface area contributed by atoms with Crippen LogP contribution in [0.25, 0.3) is 0 Å². The standard InChI is InChI=1S/C27H30FN3O4S/c1-21-7-13-25(14-8-21)36(33,34)31(19-22-5-3-4-6-26(22)28)20-27(32)30-17-15-29(16-18-30)23-9-11-24(35-2)12-10-23/h3-14H,15-20H2,1-2H3. The number of benzene rings is 3. The van der Waals surface area contributed by atoms with E-state index in [2.05, 4.69) is 4.90 Å². The number of carbonyl (C=O) groups excluding carboxylic acids is 1. The predicted octanol–water partition coefficient (Wildman–Crippen LogP) is 3.68. The van der Waals surface area contributed by atoms with Crippen molar-refractivity contribution < 1.29 is 22.3 Å². The molecule has 1 aliphatic heterocycles. The monoisotopic (exact) mass is 511 g/mol. The molecule has 3 aromatic carbocycles. The van der Waals surface area contributed by atoms with Crippen LogP contribution in [0, 0.1) is 12.7 Å². The summed E-state index contributed by atoms with van der Waals surface area (Å²) in [7, 11) is -2.41. The van der Waals surface area contributed by atoms with Crippen molar-refractivity contribution in [1.82, 2.24) is 9.21 Å². The molecule has 0 aromatic heterocycles. The summed E-state index contributed by atoms with van der Waals surface area (Å²) in [4.78, 5) is 17.1. The first-order valence-corrected chi connectivity index (χ1v) is 13.2. The second-order valence-corrected chi connectivity index (χ2v) is 10.7. The second kappa shape index (κ2) is 11.1. The highest BCUT2D eigenvalue weighted by atomic mass is 32.2. The van der Waals surface area contributed by atoms with Crippen LogP contribution in [0.2, 0.25) is 0 Å². The first-order valence-electron chi connectivity index (χ1n) is 11.7. The van der Waals surface area contributed by atoms with Crippen LogP contribution >= 0.6 is 0 Å². The van der Waals surface area contributed by atoms with Crippen LogP contribution < -0.4 is 9.64 Å². The van der Waals surface area contributed by atoms with Gasteiger partial charge < -0.3 is 14.5 Å². The van der Waals surface area contributed by atoms with E-state index in [0.717, 1.165) is 21.3 Å². The fourth-order valence-corrected chi connectivity index (χ4v) is 5.53. The molecule has 1 aliphatic rings. The third kappa shape index (κ3) is 5.85. The van der Waals surface area contributed by atoms with Gasteiger partial charge in [-0.1, -0.05) is 35.9 Å². The SMILES string of the molecule is COc1ccc(N2CCN(C(=O)CN(Cc3ccccc3F)S(=O)(=O)c3ccc(C)cc3)CC2)cc1.